The first-order chi connectivity index (χ1) is 20.3. The third kappa shape index (κ3) is 3.45. The fourth-order valence-corrected chi connectivity index (χ4v) is 7.70. The van der Waals surface area contributed by atoms with Gasteiger partial charge in [0.25, 0.3) is 0 Å². The molecular weight excluding hydrogens is 498 g/mol. The van der Waals surface area contributed by atoms with Crippen LogP contribution in [0.3, 0.4) is 0 Å². The first kappa shape index (κ1) is 23.0. The number of nitrogens with zero attached hydrogens (tertiary/aromatic N) is 2. The normalized spacial score (nSPS) is 28.0. The molecular formula is C38H31N3. The smallest absolute Gasteiger partial charge is 0.0699 e. The Balaban J connectivity index is 1.11. The topological polar surface area (TPSA) is 18.5 Å². The maximum absolute atomic E-state index is 3.73. The Bertz CT molecular complexity index is 1780. The highest BCUT2D eigenvalue weighted by molar-refractivity contribution is 6.00. The molecule has 5 atom stereocenters. The average molecular weight is 530 g/mol. The van der Waals surface area contributed by atoms with E-state index in [9.17, 15) is 0 Å². The molecule has 0 bridgehead atoms. The summed E-state index contributed by atoms with van der Waals surface area (Å²) in [6.45, 7) is 0. The highest BCUT2D eigenvalue weighted by atomic mass is 15.3. The predicted octanol–water partition coefficient (Wildman–Crippen LogP) is 8.36. The number of rotatable bonds is 2. The van der Waals surface area contributed by atoms with Gasteiger partial charge in [-0.25, -0.2) is 0 Å². The van der Waals surface area contributed by atoms with E-state index < -0.39 is 0 Å². The second-order valence-corrected chi connectivity index (χ2v) is 11.8. The van der Waals surface area contributed by atoms with E-state index in [2.05, 4.69) is 155 Å². The van der Waals surface area contributed by atoms with Crippen molar-refractivity contribution in [2.45, 2.75) is 18.5 Å². The summed E-state index contributed by atoms with van der Waals surface area (Å²) in [6, 6.07) is 29.2. The van der Waals surface area contributed by atoms with E-state index in [0.717, 1.165) is 6.42 Å². The summed E-state index contributed by atoms with van der Waals surface area (Å²) in [5, 5.41) is 3.73. The van der Waals surface area contributed by atoms with Crippen molar-refractivity contribution >= 4 is 28.4 Å². The molecule has 0 fully saturated rings. The van der Waals surface area contributed by atoms with Crippen LogP contribution in [0.15, 0.2) is 156 Å². The molecule has 3 aromatic carbocycles. The quantitative estimate of drug-likeness (QED) is 0.360. The van der Waals surface area contributed by atoms with Gasteiger partial charge in [0.05, 0.1) is 29.1 Å². The number of nitrogens with one attached hydrogen (secondary N) is 1. The van der Waals surface area contributed by atoms with Crippen LogP contribution in [0.25, 0.3) is 5.70 Å². The van der Waals surface area contributed by atoms with Crippen LogP contribution in [0.5, 0.6) is 0 Å². The van der Waals surface area contributed by atoms with Crippen LogP contribution in [0, 0.1) is 17.8 Å². The third-order valence-corrected chi connectivity index (χ3v) is 9.56. The molecule has 198 valence electrons. The lowest BCUT2D eigenvalue weighted by atomic mass is 9.78. The van der Waals surface area contributed by atoms with Crippen LogP contribution in [0.1, 0.15) is 12.0 Å². The van der Waals surface area contributed by atoms with Gasteiger partial charge in [0.2, 0.25) is 0 Å². The predicted molar refractivity (Wildman–Crippen MR) is 169 cm³/mol. The molecule has 0 saturated heterocycles. The summed E-state index contributed by atoms with van der Waals surface area (Å²) in [5.74, 6) is 1.22. The van der Waals surface area contributed by atoms with Gasteiger partial charge in [-0.3, -0.25) is 0 Å². The zero-order chi connectivity index (χ0) is 26.9. The van der Waals surface area contributed by atoms with Crippen LogP contribution in [-0.2, 0) is 0 Å². The van der Waals surface area contributed by atoms with Crippen molar-refractivity contribution in [3.63, 3.8) is 0 Å². The zero-order valence-corrected chi connectivity index (χ0v) is 22.8. The fourth-order valence-electron chi connectivity index (χ4n) is 7.70. The Hall–Kier alpha value is -4.76. The summed E-state index contributed by atoms with van der Waals surface area (Å²) in [4.78, 5) is 5.00. The average Bonchev–Trinajstić information content (AvgIpc) is 3.57. The Morgan fingerprint density at radius 3 is 2.37 bits per heavy atom. The Morgan fingerprint density at radius 2 is 1.46 bits per heavy atom. The van der Waals surface area contributed by atoms with Crippen LogP contribution in [0.4, 0.5) is 22.7 Å². The Kier molecular flexibility index (Phi) is 4.98. The molecule has 6 aliphatic rings. The molecule has 3 heteroatoms. The van der Waals surface area contributed by atoms with E-state index in [0.29, 0.717) is 23.8 Å². The molecule has 3 aliphatic carbocycles. The van der Waals surface area contributed by atoms with E-state index in [1.54, 1.807) is 5.57 Å². The van der Waals surface area contributed by atoms with Crippen LogP contribution in [-0.4, -0.2) is 12.1 Å². The number of benzene rings is 3. The monoisotopic (exact) mass is 529 g/mol. The third-order valence-electron chi connectivity index (χ3n) is 9.56. The molecule has 0 spiro atoms. The molecule has 3 nitrogen and oxygen atoms in total. The first-order valence-electron chi connectivity index (χ1n) is 14.8. The molecule has 0 saturated carbocycles. The minimum atomic E-state index is 0.255. The lowest BCUT2D eigenvalue weighted by molar-refractivity contribution is 0.598. The number of allylic oxidation sites excluding steroid dienone is 6. The van der Waals surface area contributed by atoms with Crippen LogP contribution in [0.2, 0.25) is 0 Å². The molecule has 3 aliphatic heterocycles. The number of hydrogen-bond acceptors (Lipinski definition) is 3. The van der Waals surface area contributed by atoms with Crippen molar-refractivity contribution in [3.8, 4) is 0 Å². The molecule has 0 radical (unpaired) electrons. The molecule has 9 rings (SSSR count). The highest BCUT2D eigenvalue weighted by Crippen LogP contribution is 2.53. The minimum absolute atomic E-state index is 0.255. The first-order valence-corrected chi connectivity index (χ1v) is 14.8. The van der Waals surface area contributed by atoms with Gasteiger partial charge in [-0.1, -0.05) is 103 Å². The molecule has 0 aromatic heterocycles. The standard InChI is InChI=1S/C38H31N3/c1-2-10-28(11-3-1)40-35-15-7-5-13-30(35)38-24-27-22-25(19-21-34(27)41(38)37-17-9-8-16-36(37)40)26-18-20-33-31(23-26)29-12-4-6-14-32(29)39-33/h1-22,24,26-27,29,32,34,39H,23H2/t26?,27?,29-,32?,34?/m0/s1. The second kappa shape index (κ2) is 8.87. The van der Waals surface area contributed by atoms with Crippen LogP contribution >= 0.6 is 0 Å². The fraction of sp³-hybridized carbons (Fsp3) is 0.158. The van der Waals surface area contributed by atoms with Gasteiger partial charge in [0, 0.05) is 40.4 Å². The van der Waals surface area contributed by atoms with Gasteiger partial charge < -0.3 is 15.1 Å². The SMILES string of the molecule is C1=CC2NC3=C(CC(C4=CC5C=C6c7ccccc7N(c7ccccc7)c7ccccc7N6C5C=C4)C=C3)[C@@H]2C=C1. The Morgan fingerprint density at radius 1 is 0.683 bits per heavy atom. The second-order valence-electron chi connectivity index (χ2n) is 11.8. The van der Waals surface area contributed by atoms with E-state index >= 15 is 0 Å². The summed E-state index contributed by atoms with van der Waals surface area (Å²) >= 11 is 0. The van der Waals surface area contributed by atoms with Gasteiger partial charge in [0.15, 0.2) is 0 Å². The maximum Gasteiger partial charge on any atom is 0.0699 e. The van der Waals surface area contributed by atoms with Crippen molar-refractivity contribution in [2.75, 3.05) is 9.80 Å². The highest BCUT2D eigenvalue weighted by Gasteiger charge is 2.41. The number of para-hydroxylation sites is 4. The number of fused-ring (bicyclic) bond motifs is 9. The zero-order valence-electron chi connectivity index (χ0n) is 22.8. The van der Waals surface area contributed by atoms with E-state index in [-0.39, 0.29) is 6.04 Å². The Labute approximate surface area is 241 Å². The van der Waals surface area contributed by atoms with Crippen molar-refractivity contribution in [3.05, 3.63) is 162 Å². The summed E-state index contributed by atoms with van der Waals surface area (Å²) < 4.78 is 0. The van der Waals surface area contributed by atoms with Crippen molar-refractivity contribution < 1.29 is 0 Å². The van der Waals surface area contributed by atoms with Crippen molar-refractivity contribution in [1.82, 2.24) is 5.32 Å². The summed E-state index contributed by atoms with van der Waals surface area (Å²) in [5.41, 5.74) is 11.8. The number of anilines is 4. The molecule has 3 aromatic rings. The van der Waals surface area contributed by atoms with E-state index in [1.165, 1.54) is 45.3 Å². The van der Waals surface area contributed by atoms with Gasteiger partial charge in [-0.15, -0.1) is 0 Å². The van der Waals surface area contributed by atoms with Gasteiger partial charge in [-0.2, -0.15) is 0 Å². The lowest BCUT2D eigenvalue weighted by Gasteiger charge is -2.34. The molecule has 0 amide bonds. The van der Waals surface area contributed by atoms with Crippen LogP contribution < -0.4 is 15.1 Å². The summed E-state index contributed by atoms with van der Waals surface area (Å²) in [7, 11) is 0. The largest absolute Gasteiger partial charge is 0.378 e. The van der Waals surface area contributed by atoms with E-state index in [1.807, 2.05) is 0 Å². The van der Waals surface area contributed by atoms with E-state index in [4.69, 9.17) is 0 Å². The van der Waals surface area contributed by atoms with Gasteiger partial charge in [-0.05, 0) is 54.0 Å². The minimum Gasteiger partial charge on any atom is -0.378 e. The maximum atomic E-state index is 3.73. The molecule has 1 N–H and O–H groups in total. The lowest BCUT2D eigenvalue weighted by Crippen LogP contribution is -2.33. The molecule has 3 heterocycles. The molecule has 4 unspecified atom stereocenters. The summed E-state index contributed by atoms with van der Waals surface area (Å²) in [6.07, 6.45) is 24.8. The van der Waals surface area contributed by atoms with Gasteiger partial charge in [0.1, 0.15) is 0 Å². The molecule has 41 heavy (non-hydrogen) atoms. The van der Waals surface area contributed by atoms with Crippen molar-refractivity contribution in [2.24, 2.45) is 17.8 Å². The van der Waals surface area contributed by atoms with Gasteiger partial charge >= 0.3 is 0 Å². The number of hydrogen-bond donors (Lipinski definition) is 1. The van der Waals surface area contributed by atoms with Crippen molar-refractivity contribution in [1.29, 1.82) is 0 Å².